The maximum atomic E-state index is 12.1. The highest BCUT2D eigenvalue weighted by molar-refractivity contribution is 7.89. The number of nitrogens with one attached hydrogen (secondary N) is 1. The Hall–Kier alpha value is -1.46. The highest BCUT2D eigenvalue weighted by atomic mass is 32.2. The Bertz CT molecular complexity index is 610. The van der Waals surface area contributed by atoms with Crippen LogP contribution in [0.3, 0.4) is 0 Å². The fourth-order valence-electron chi connectivity index (χ4n) is 2.01. The first-order chi connectivity index (χ1) is 9.51. The van der Waals surface area contributed by atoms with Crippen molar-refractivity contribution in [3.05, 3.63) is 29.8 Å². The van der Waals surface area contributed by atoms with Crippen LogP contribution in [-0.2, 0) is 14.8 Å². The predicted octanol–water partition coefficient (Wildman–Crippen LogP) is 0.167. The van der Waals surface area contributed by atoms with Gasteiger partial charge in [0.05, 0.1) is 29.2 Å². The van der Waals surface area contributed by atoms with Gasteiger partial charge in [0.1, 0.15) is 0 Å². The van der Waals surface area contributed by atoms with E-state index in [2.05, 4.69) is 9.62 Å². The van der Waals surface area contributed by atoms with Crippen LogP contribution in [0.4, 0.5) is 0 Å². The van der Waals surface area contributed by atoms with Gasteiger partial charge in [-0.1, -0.05) is 6.07 Å². The van der Waals surface area contributed by atoms with Crippen molar-refractivity contribution in [3.63, 3.8) is 0 Å². The number of likely N-dealkylation sites (N-methyl/N-ethyl adjacent to an activating group) is 1. The first-order valence-corrected chi connectivity index (χ1v) is 7.79. The molecule has 1 aliphatic rings. The summed E-state index contributed by atoms with van der Waals surface area (Å²) in [6, 6.07) is 7.88. The lowest BCUT2D eigenvalue weighted by Crippen LogP contribution is -2.45. The molecule has 0 aliphatic carbocycles. The second kappa shape index (κ2) is 6.33. The lowest BCUT2D eigenvalue weighted by Gasteiger charge is -2.30. The molecule has 1 aliphatic heterocycles. The van der Waals surface area contributed by atoms with Gasteiger partial charge in [-0.15, -0.1) is 0 Å². The van der Waals surface area contributed by atoms with Crippen LogP contribution in [0.25, 0.3) is 0 Å². The zero-order valence-corrected chi connectivity index (χ0v) is 12.1. The Balaban J connectivity index is 2.02. The highest BCUT2D eigenvalue weighted by Gasteiger charge is 2.21. The van der Waals surface area contributed by atoms with Crippen LogP contribution in [0.1, 0.15) is 5.56 Å². The summed E-state index contributed by atoms with van der Waals surface area (Å²) in [5, 5.41) is 8.80. The van der Waals surface area contributed by atoms with Gasteiger partial charge in [-0.05, 0) is 25.2 Å². The summed E-state index contributed by atoms with van der Waals surface area (Å²) in [4.78, 5) is 2.19. The van der Waals surface area contributed by atoms with Crippen molar-refractivity contribution in [1.29, 1.82) is 5.26 Å². The number of nitrogens with zero attached hydrogens (tertiary/aromatic N) is 2. The first-order valence-electron chi connectivity index (χ1n) is 6.31. The summed E-state index contributed by atoms with van der Waals surface area (Å²) in [6.07, 6.45) is -0.150. The standard InChI is InChI=1S/C13H17N3O3S/c1-16-5-6-19-12(10-16)9-15-20(17,18)13-4-2-3-11(7-13)8-14/h2-4,7,12,15H,5-6,9-10H2,1H3. The molecule has 1 fully saturated rings. The number of morpholine rings is 1. The summed E-state index contributed by atoms with van der Waals surface area (Å²) in [5.74, 6) is 0. The van der Waals surface area contributed by atoms with Crippen LogP contribution in [0.15, 0.2) is 29.2 Å². The molecule has 0 radical (unpaired) electrons. The smallest absolute Gasteiger partial charge is 0.240 e. The molecule has 108 valence electrons. The average molecular weight is 295 g/mol. The second-order valence-corrected chi connectivity index (χ2v) is 6.51. The minimum atomic E-state index is -3.61. The minimum absolute atomic E-state index is 0.0979. The number of sulfonamides is 1. The summed E-state index contributed by atoms with van der Waals surface area (Å²) >= 11 is 0. The van der Waals surface area contributed by atoms with Gasteiger partial charge in [0, 0.05) is 19.6 Å². The third-order valence-electron chi connectivity index (χ3n) is 3.12. The maximum Gasteiger partial charge on any atom is 0.240 e. The minimum Gasteiger partial charge on any atom is -0.374 e. The van der Waals surface area contributed by atoms with Crippen molar-refractivity contribution < 1.29 is 13.2 Å². The van der Waals surface area contributed by atoms with E-state index in [0.717, 1.165) is 6.54 Å². The first kappa shape index (κ1) is 14.9. The molecule has 0 spiro atoms. The van der Waals surface area contributed by atoms with E-state index in [0.29, 0.717) is 18.7 Å². The van der Waals surface area contributed by atoms with Gasteiger partial charge >= 0.3 is 0 Å². The summed E-state index contributed by atoms with van der Waals surface area (Å²) in [6.45, 7) is 2.38. The van der Waals surface area contributed by atoms with E-state index in [-0.39, 0.29) is 17.5 Å². The van der Waals surface area contributed by atoms with Crippen LogP contribution in [0.5, 0.6) is 0 Å². The van der Waals surface area contributed by atoms with Crippen LogP contribution < -0.4 is 4.72 Å². The molecule has 20 heavy (non-hydrogen) atoms. The van der Waals surface area contributed by atoms with E-state index in [1.165, 1.54) is 12.1 Å². The number of benzene rings is 1. The topological polar surface area (TPSA) is 82.4 Å². The monoisotopic (exact) mass is 295 g/mol. The average Bonchev–Trinajstić information content (AvgIpc) is 2.45. The van der Waals surface area contributed by atoms with E-state index >= 15 is 0 Å². The second-order valence-electron chi connectivity index (χ2n) is 4.75. The quantitative estimate of drug-likeness (QED) is 0.856. The molecular weight excluding hydrogens is 278 g/mol. The molecule has 0 amide bonds. The van der Waals surface area contributed by atoms with Crippen LogP contribution in [0, 0.1) is 11.3 Å². The molecule has 0 saturated carbocycles. The number of ether oxygens (including phenoxy) is 1. The molecule has 1 atom stereocenters. The molecule has 0 aromatic heterocycles. The van der Waals surface area contributed by atoms with Crippen molar-refractivity contribution in [1.82, 2.24) is 9.62 Å². The summed E-state index contributed by atoms with van der Waals surface area (Å²) in [7, 11) is -1.64. The van der Waals surface area contributed by atoms with Gasteiger partial charge in [0.2, 0.25) is 10.0 Å². The molecule has 1 aromatic rings. The summed E-state index contributed by atoms with van der Waals surface area (Å²) < 4.78 is 32.3. The molecule has 6 nitrogen and oxygen atoms in total. The molecule has 2 rings (SSSR count). The van der Waals surface area contributed by atoms with Gasteiger partial charge < -0.3 is 9.64 Å². The van der Waals surface area contributed by atoms with Crippen LogP contribution in [-0.4, -0.2) is 52.7 Å². The molecule has 1 saturated heterocycles. The van der Waals surface area contributed by atoms with Gasteiger partial charge in [0.15, 0.2) is 0 Å². The molecular formula is C13H17N3O3S. The zero-order chi connectivity index (χ0) is 14.6. The molecule has 1 heterocycles. The fraction of sp³-hybridized carbons (Fsp3) is 0.462. The number of hydrogen-bond donors (Lipinski definition) is 1. The van der Waals surface area contributed by atoms with E-state index in [9.17, 15) is 8.42 Å². The van der Waals surface area contributed by atoms with Crippen molar-refractivity contribution in [2.24, 2.45) is 0 Å². The number of rotatable bonds is 4. The molecule has 1 N–H and O–H groups in total. The van der Waals surface area contributed by atoms with E-state index in [4.69, 9.17) is 10.00 Å². The number of hydrogen-bond acceptors (Lipinski definition) is 5. The van der Waals surface area contributed by atoms with E-state index in [1.807, 2.05) is 13.1 Å². The number of nitriles is 1. The third-order valence-corrected chi connectivity index (χ3v) is 4.54. The summed E-state index contributed by atoms with van der Waals surface area (Å²) in [5.41, 5.74) is 0.321. The Labute approximate surface area is 119 Å². The van der Waals surface area contributed by atoms with Crippen LogP contribution in [0.2, 0.25) is 0 Å². The van der Waals surface area contributed by atoms with E-state index in [1.54, 1.807) is 12.1 Å². The lowest BCUT2D eigenvalue weighted by molar-refractivity contribution is -0.0156. The predicted molar refractivity (Wildman–Crippen MR) is 73.6 cm³/mol. The van der Waals surface area contributed by atoms with Gasteiger partial charge in [-0.3, -0.25) is 0 Å². The normalized spacial score (nSPS) is 20.5. The molecule has 1 aromatic carbocycles. The van der Waals surface area contributed by atoms with Crippen LogP contribution >= 0.6 is 0 Å². The van der Waals surface area contributed by atoms with Crippen molar-refractivity contribution in [3.8, 4) is 6.07 Å². The molecule has 1 unspecified atom stereocenters. The molecule has 0 bridgehead atoms. The Morgan fingerprint density at radius 3 is 3.05 bits per heavy atom. The Morgan fingerprint density at radius 1 is 1.55 bits per heavy atom. The van der Waals surface area contributed by atoms with Crippen molar-refractivity contribution in [2.45, 2.75) is 11.0 Å². The van der Waals surface area contributed by atoms with Gasteiger partial charge in [0.25, 0.3) is 0 Å². The fourth-order valence-corrected chi connectivity index (χ4v) is 3.12. The Morgan fingerprint density at radius 2 is 2.35 bits per heavy atom. The largest absolute Gasteiger partial charge is 0.374 e. The van der Waals surface area contributed by atoms with Gasteiger partial charge in [-0.2, -0.15) is 5.26 Å². The van der Waals surface area contributed by atoms with E-state index < -0.39 is 10.0 Å². The van der Waals surface area contributed by atoms with Gasteiger partial charge in [-0.25, -0.2) is 13.1 Å². The molecule has 7 heteroatoms. The zero-order valence-electron chi connectivity index (χ0n) is 11.2. The third kappa shape index (κ3) is 3.77. The van der Waals surface area contributed by atoms with Crippen molar-refractivity contribution >= 4 is 10.0 Å². The SMILES string of the molecule is CN1CCOC(CNS(=O)(=O)c2cccc(C#N)c2)C1. The Kier molecular flexibility index (Phi) is 4.73. The van der Waals surface area contributed by atoms with Crippen molar-refractivity contribution in [2.75, 3.05) is 33.3 Å². The lowest BCUT2D eigenvalue weighted by atomic mass is 10.2. The maximum absolute atomic E-state index is 12.1. The highest BCUT2D eigenvalue weighted by Crippen LogP contribution is 2.11.